The molecular weight excluding hydrogens is 386 g/mol. The number of benzene rings is 2. The number of carbonyl (C=O) groups excluding carboxylic acids is 2. The van der Waals surface area contributed by atoms with Gasteiger partial charge in [0.2, 0.25) is 0 Å². The van der Waals surface area contributed by atoms with E-state index in [-0.39, 0.29) is 12.1 Å². The Kier molecular flexibility index (Phi) is 5.76. The Morgan fingerprint density at radius 3 is 2.72 bits per heavy atom. The van der Waals surface area contributed by atoms with Crippen molar-refractivity contribution in [2.75, 3.05) is 13.7 Å². The van der Waals surface area contributed by atoms with Crippen LogP contribution in [0.15, 0.2) is 54.6 Å². The number of ether oxygens (including phenoxy) is 1. The number of thiazole rings is 1. The number of hydrogen-bond acceptors (Lipinski definition) is 5. The number of nitrogens with one attached hydrogen (secondary N) is 1. The van der Waals surface area contributed by atoms with Crippen LogP contribution in [-0.2, 0) is 16.0 Å². The predicted molar refractivity (Wildman–Crippen MR) is 113 cm³/mol. The second-order valence-electron chi connectivity index (χ2n) is 7.09. The van der Waals surface area contributed by atoms with Gasteiger partial charge in [-0.3, -0.25) is 0 Å². The van der Waals surface area contributed by atoms with Gasteiger partial charge in [0, 0.05) is 13.0 Å². The van der Waals surface area contributed by atoms with Gasteiger partial charge in [0.1, 0.15) is 11.0 Å². The number of urea groups is 1. The molecule has 2 atom stereocenters. The SMILES string of the molecule is COC(=O)C(Cc1ccccc1)NC(=O)N1CCCC1c1nc2ccccc2s1. The van der Waals surface area contributed by atoms with Gasteiger partial charge in [0.05, 0.1) is 23.4 Å². The fraction of sp³-hybridized carbons (Fsp3) is 0.318. The molecule has 2 unspecified atom stereocenters. The van der Waals surface area contributed by atoms with Gasteiger partial charge >= 0.3 is 12.0 Å². The van der Waals surface area contributed by atoms with E-state index < -0.39 is 12.0 Å². The highest BCUT2D eigenvalue weighted by Gasteiger charge is 2.34. The van der Waals surface area contributed by atoms with Crippen molar-refractivity contribution >= 4 is 33.6 Å². The van der Waals surface area contributed by atoms with E-state index in [1.807, 2.05) is 54.6 Å². The lowest BCUT2D eigenvalue weighted by molar-refractivity contribution is -0.142. The van der Waals surface area contributed by atoms with Crippen molar-refractivity contribution < 1.29 is 14.3 Å². The minimum absolute atomic E-state index is 0.0672. The summed E-state index contributed by atoms with van der Waals surface area (Å²) in [5.41, 5.74) is 1.92. The highest BCUT2D eigenvalue weighted by atomic mass is 32.1. The molecule has 1 aromatic heterocycles. The van der Waals surface area contributed by atoms with Gasteiger partial charge in [-0.15, -0.1) is 11.3 Å². The first-order valence-electron chi connectivity index (χ1n) is 9.70. The maximum atomic E-state index is 13.0. The summed E-state index contributed by atoms with van der Waals surface area (Å²) in [5, 5.41) is 3.82. The zero-order valence-corrected chi connectivity index (χ0v) is 17.0. The molecule has 2 amide bonds. The minimum atomic E-state index is -0.730. The summed E-state index contributed by atoms with van der Waals surface area (Å²) in [7, 11) is 1.34. The van der Waals surface area contributed by atoms with Gasteiger partial charge in [0.25, 0.3) is 0 Å². The monoisotopic (exact) mass is 409 g/mol. The van der Waals surface area contributed by atoms with Gasteiger partial charge in [-0.2, -0.15) is 0 Å². The fourth-order valence-electron chi connectivity index (χ4n) is 3.72. The summed E-state index contributed by atoms with van der Waals surface area (Å²) in [6.45, 7) is 0.644. The number of nitrogens with zero attached hydrogens (tertiary/aromatic N) is 2. The van der Waals surface area contributed by atoms with Gasteiger partial charge in [-0.1, -0.05) is 42.5 Å². The van der Waals surface area contributed by atoms with E-state index in [1.165, 1.54) is 7.11 Å². The lowest BCUT2D eigenvalue weighted by Gasteiger charge is -2.26. The fourth-order valence-corrected chi connectivity index (χ4v) is 4.83. The highest BCUT2D eigenvalue weighted by molar-refractivity contribution is 7.18. The van der Waals surface area contributed by atoms with Crippen LogP contribution in [0.3, 0.4) is 0 Å². The van der Waals surface area contributed by atoms with Gasteiger partial charge < -0.3 is 15.0 Å². The number of carbonyl (C=O) groups is 2. The number of amides is 2. The third-order valence-electron chi connectivity index (χ3n) is 5.18. The molecule has 1 aliphatic rings. The van der Waals surface area contributed by atoms with E-state index in [1.54, 1.807) is 16.2 Å². The third-order valence-corrected chi connectivity index (χ3v) is 6.31. The molecule has 29 heavy (non-hydrogen) atoms. The molecule has 3 aromatic rings. The minimum Gasteiger partial charge on any atom is -0.467 e. The Labute approximate surface area is 173 Å². The molecule has 4 rings (SSSR count). The smallest absolute Gasteiger partial charge is 0.328 e. The van der Waals surface area contributed by atoms with E-state index in [4.69, 9.17) is 9.72 Å². The van der Waals surface area contributed by atoms with Gasteiger partial charge in [-0.05, 0) is 30.5 Å². The lowest BCUT2D eigenvalue weighted by Crippen LogP contribution is -2.49. The Hall–Kier alpha value is -2.93. The van der Waals surface area contributed by atoms with Crippen molar-refractivity contribution in [1.82, 2.24) is 15.2 Å². The summed E-state index contributed by atoms with van der Waals surface area (Å²) < 4.78 is 6.03. The van der Waals surface area contributed by atoms with Crippen molar-refractivity contribution in [3.8, 4) is 0 Å². The van der Waals surface area contributed by atoms with Crippen LogP contribution in [-0.4, -0.2) is 41.6 Å². The van der Waals surface area contributed by atoms with Crippen LogP contribution in [0.1, 0.15) is 29.5 Å². The molecule has 7 heteroatoms. The molecule has 1 N–H and O–H groups in total. The second-order valence-corrected chi connectivity index (χ2v) is 8.15. The first-order valence-corrected chi connectivity index (χ1v) is 10.5. The molecule has 150 valence electrons. The Morgan fingerprint density at radius 2 is 1.97 bits per heavy atom. The van der Waals surface area contributed by atoms with Crippen LogP contribution in [0, 0.1) is 0 Å². The molecule has 1 aliphatic heterocycles. The summed E-state index contributed by atoms with van der Waals surface area (Å²) in [5.74, 6) is -0.446. The first kappa shape index (κ1) is 19.4. The van der Waals surface area contributed by atoms with E-state index in [2.05, 4.69) is 5.32 Å². The summed E-state index contributed by atoms with van der Waals surface area (Å²) in [4.78, 5) is 31.8. The van der Waals surface area contributed by atoms with Crippen molar-refractivity contribution in [3.63, 3.8) is 0 Å². The number of hydrogen-bond donors (Lipinski definition) is 1. The molecule has 2 aromatic carbocycles. The number of esters is 1. The molecule has 0 bridgehead atoms. The average molecular weight is 410 g/mol. The zero-order valence-electron chi connectivity index (χ0n) is 16.2. The van der Waals surface area contributed by atoms with Crippen LogP contribution in [0.5, 0.6) is 0 Å². The van der Waals surface area contributed by atoms with Crippen molar-refractivity contribution in [2.45, 2.75) is 31.3 Å². The van der Waals surface area contributed by atoms with Crippen LogP contribution < -0.4 is 5.32 Å². The molecule has 0 spiro atoms. The lowest BCUT2D eigenvalue weighted by atomic mass is 10.1. The van der Waals surface area contributed by atoms with Crippen molar-refractivity contribution in [3.05, 3.63) is 65.2 Å². The normalized spacial score (nSPS) is 17.3. The van der Waals surface area contributed by atoms with E-state index in [9.17, 15) is 9.59 Å². The molecule has 0 aliphatic carbocycles. The molecule has 6 nitrogen and oxygen atoms in total. The first-order chi connectivity index (χ1) is 14.2. The third kappa shape index (κ3) is 4.24. The Balaban J connectivity index is 1.51. The van der Waals surface area contributed by atoms with Crippen LogP contribution in [0.4, 0.5) is 4.79 Å². The molecule has 1 saturated heterocycles. The number of likely N-dealkylation sites (tertiary alicyclic amines) is 1. The van der Waals surface area contributed by atoms with Crippen LogP contribution >= 0.6 is 11.3 Å². The average Bonchev–Trinajstić information content (AvgIpc) is 3.40. The maximum absolute atomic E-state index is 13.0. The van der Waals surface area contributed by atoms with Crippen LogP contribution in [0.25, 0.3) is 10.2 Å². The number of methoxy groups -OCH3 is 1. The van der Waals surface area contributed by atoms with Crippen molar-refractivity contribution in [1.29, 1.82) is 0 Å². The quantitative estimate of drug-likeness (QED) is 0.648. The van der Waals surface area contributed by atoms with E-state index in [0.29, 0.717) is 13.0 Å². The maximum Gasteiger partial charge on any atom is 0.328 e. The molecular formula is C22H23N3O3S. The topological polar surface area (TPSA) is 71.5 Å². The predicted octanol–water partition coefficient (Wildman–Crippen LogP) is 3.93. The van der Waals surface area contributed by atoms with Gasteiger partial charge in [0.15, 0.2) is 0 Å². The molecule has 1 fully saturated rings. The Bertz CT molecular complexity index is 972. The van der Waals surface area contributed by atoms with E-state index in [0.717, 1.165) is 33.6 Å². The molecule has 0 saturated carbocycles. The number of para-hydroxylation sites is 1. The number of aromatic nitrogens is 1. The number of fused-ring (bicyclic) bond motifs is 1. The Morgan fingerprint density at radius 1 is 1.21 bits per heavy atom. The summed E-state index contributed by atoms with van der Waals surface area (Å²) in [6, 6.07) is 16.6. The van der Waals surface area contributed by atoms with Crippen molar-refractivity contribution in [2.24, 2.45) is 0 Å². The summed E-state index contributed by atoms with van der Waals surface area (Å²) >= 11 is 1.62. The largest absolute Gasteiger partial charge is 0.467 e. The molecule has 0 radical (unpaired) electrons. The second kappa shape index (κ2) is 8.61. The van der Waals surface area contributed by atoms with E-state index >= 15 is 0 Å². The molecule has 2 heterocycles. The van der Waals surface area contributed by atoms with Crippen LogP contribution in [0.2, 0.25) is 0 Å². The highest BCUT2D eigenvalue weighted by Crippen LogP contribution is 2.36. The van der Waals surface area contributed by atoms with Gasteiger partial charge in [-0.25, -0.2) is 14.6 Å². The number of rotatable bonds is 5. The summed E-state index contributed by atoms with van der Waals surface area (Å²) in [6.07, 6.45) is 2.17. The zero-order chi connectivity index (χ0) is 20.2. The standard InChI is InChI=1S/C22H23N3O3S/c1-28-21(26)17(14-15-8-3-2-4-9-15)24-22(27)25-13-7-11-18(25)20-23-16-10-5-6-12-19(16)29-20/h2-6,8-10,12,17-18H,7,11,13-14H2,1H3,(H,24,27).